The molecule has 196 valence electrons. The first kappa shape index (κ1) is 25.2. The number of rotatable bonds is 6. The fraction of sp³-hybridized carbons (Fsp3) is 0.241. The van der Waals surface area contributed by atoms with Crippen LogP contribution >= 0.6 is 0 Å². The predicted molar refractivity (Wildman–Crippen MR) is 141 cm³/mol. The van der Waals surface area contributed by atoms with Gasteiger partial charge in [-0.1, -0.05) is 48.5 Å². The Morgan fingerprint density at radius 1 is 1.00 bits per heavy atom. The van der Waals surface area contributed by atoms with Crippen molar-refractivity contribution in [3.8, 4) is 17.2 Å². The Labute approximate surface area is 220 Å². The van der Waals surface area contributed by atoms with Gasteiger partial charge in [0.25, 0.3) is 5.91 Å². The molecule has 9 nitrogen and oxygen atoms in total. The van der Waals surface area contributed by atoms with E-state index in [2.05, 4.69) is 0 Å². The Hall–Kier alpha value is -4.50. The largest absolute Gasteiger partial charge is 0.497 e. The number of anilines is 1. The minimum Gasteiger partial charge on any atom is -0.497 e. The van der Waals surface area contributed by atoms with Crippen molar-refractivity contribution >= 4 is 23.3 Å². The molecule has 5 rings (SSSR count). The van der Waals surface area contributed by atoms with Crippen molar-refractivity contribution in [2.45, 2.75) is 25.3 Å². The maximum atomic E-state index is 13.7. The normalized spacial score (nSPS) is 18.6. The first-order valence-electron chi connectivity index (χ1n) is 12.2. The molecule has 0 spiro atoms. The standard InChI is InChI=1S/C29H28N2O7/c1-36-21-10-8-19(9-11-21)20-12-13-30-24(14-20)28(33)31(29(34)35)23-16-26(25(37-2)15-22(23)27(30)32)38-17-18-6-4-3-5-7-18/h3-11,14-16,24,28,33H,12-13,17H2,1-2H3,(H,34,35)/t24-,28?/m0/s1. The van der Waals surface area contributed by atoms with Crippen molar-refractivity contribution in [2.24, 2.45) is 0 Å². The topological polar surface area (TPSA) is 109 Å². The zero-order valence-corrected chi connectivity index (χ0v) is 21.0. The van der Waals surface area contributed by atoms with Crippen LogP contribution in [0.2, 0.25) is 0 Å². The third kappa shape index (κ3) is 4.64. The summed E-state index contributed by atoms with van der Waals surface area (Å²) in [6, 6.07) is 19.0. The van der Waals surface area contributed by atoms with Gasteiger partial charge in [0.1, 0.15) is 12.4 Å². The van der Waals surface area contributed by atoms with E-state index in [1.807, 2.05) is 54.6 Å². The monoisotopic (exact) mass is 516 g/mol. The Balaban J connectivity index is 1.54. The molecular formula is C29H28N2O7. The number of aliphatic hydroxyl groups is 1. The SMILES string of the molecule is COc1ccc(C2=C[C@H]3C(O)N(C(=O)O)c4cc(OCc5ccccc5)c(OC)cc4C(=O)N3CC2)cc1. The molecule has 2 aliphatic heterocycles. The van der Waals surface area contributed by atoms with E-state index in [9.17, 15) is 19.8 Å². The fourth-order valence-electron chi connectivity index (χ4n) is 4.89. The summed E-state index contributed by atoms with van der Waals surface area (Å²) in [5, 5.41) is 21.5. The Morgan fingerprint density at radius 2 is 1.74 bits per heavy atom. The third-order valence-corrected chi connectivity index (χ3v) is 6.86. The number of carbonyl (C=O) groups is 2. The maximum Gasteiger partial charge on any atom is 0.414 e. The quantitative estimate of drug-likeness (QED) is 0.500. The van der Waals surface area contributed by atoms with Gasteiger partial charge < -0.3 is 29.3 Å². The average Bonchev–Trinajstić information content (AvgIpc) is 3.04. The summed E-state index contributed by atoms with van der Waals surface area (Å²) < 4.78 is 16.7. The van der Waals surface area contributed by atoms with Gasteiger partial charge in [-0.25, -0.2) is 9.69 Å². The summed E-state index contributed by atoms with van der Waals surface area (Å²) in [6.07, 6.45) is -0.627. The van der Waals surface area contributed by atoms with Crippen molar-refractivity contribution in [3.05, 3.63) is 89.5 Å². The fourth-order valence-corrected chi connectivity index (χ4v) is 4.89. The van der Waals surface area contributed by atoms with E-state index in [1.54, 1.807) is 13.2 Å². The van der Waals surface area contributed by atoms with E-state index in [1.165, 1.54) is 24.1 Å². The summed E-state index contributed by atoms with van der Waals surface area (Å²) in [6.45, 7) is 0.516. The van der Waals surface area contributed by atoms with Crippen molar-refractivity contribution in [1.29, 1.82) is 0 Å². The number of methoxy groups -OCH3 is 2. The smallest absolute Gasteiger partial charge is 0.414 e. The minimum absolute atomic E-state index is 0.0349. The first-order valence-corrected chi connectivity index (χ1v) is 12.2. The highest BCUT2D eigenvalue weighted by atomic mass is 16.5. The summed E-state index contributed by atoms with van der Waals surface area (Å²) in [7, 11) is 3.04. The zero-order valence-electron chi connectivity index (χ0n) is 21.0. The first-order chi connectivity index (χ1) is 18.4. The molecule has 2 heterocycles. The van der Waals surface area contributed by atoms with Gasteiger partial charge >= 0.3 is 6.09 Å². The molecule has 0 fully saturated rings. The summed E-state index contributed by atoms with van der Waals surface area (Å²) in [4.78, 5) is 28.5. The molecule has 9 heteroatoms. The number of aliphatic hydroxyl groups excluding tert-OH is 1. The number of fused-ring (bicyclic) bond motifs is 2. The van der Waals surface area contributed by atoms with Crippen LogP contribution in [0.25, 0.3) is 5.57 Å². The molecule has 1 unspecified atom stereocenters. The van der Waals surface area contributed by atoms with E-state index in [4.69, 9.17) is 14.2 Å². The van der Waals surface area contributed by atoms with E-state index in [-0.39, 0.29) is 29.4 Å². The van der Waals surface area contributed by atoms with Crippen LogP contribution in [-0.2, 0) is 6.61 Å². The molecule has 2 amide bonds. The van der Waals surface area contributed by atoms with E-state index < -0.39 is 24.3 Å². The Kier molecular flexibility index (Phi) is 6.93. The number of carbonyl (C=O) groups excluding carboxylic acids is 1. The molecular weight excluding hydrogens is 488 g/mol. The van der Waals surface area contributed by atoms with Crippen molar-refractivity contribution in [1.82, 2.24) is 4.90 Å². The number of carboxylic acid groups (broad SMARTS) is 1. The lowest BCUT2D eigenvalue weighted by Gasteiger charge is -2.37. The van der Waals surface area contributed by atoms with E-state index >= 15 is 0 Å². The molecule has 0 saturated carbocycles. The van der Waals surface area contributed by atoms with Crippen LogP contribution in [0.3, 0.4) is 0 Å². The minimum atomic E-state index is -1.54. The molecule has 0 aromatic heterocycles. The highest BCUT2D eigenvalue weighted by Gasteiger charge is 2.43. The Bertz CT molecular complexity index is 1370. The van der Waals surface area contributed by atoms with Gasteiger partial charge in [-0.15, -0.1) is 0 Å². The number of hydrogen-bond acceptors (Lipinski definition) is 6. The van der Waals surface area contributed by atoms with Crippen LogP contribution in [-0.4, -0.2) is 60.1 Å². The summed E-state index contributed by atoms with van der Waals surface area (Å²) >= 11 is 0. The van der Waals surface area contributed by atoms with Crippen LogP contribution in [0.1, 0.15) is 27.9 Å². The lowest BCUT2D eigenvalue weighted by Crippen LogP contribution is -2.53. The number of amides is 2. The van der Waals surface area contributed by atoms with E-state index in [0.717, 1.165) is 21.6 Å². The van der Waals surface area contributed by atoms with Crippen molar-refractivity contribution < 1.29 is 34.0 Å². The maximum absolute atomic E-state index is 13.7. The van der Waals surface area contributed by atoms with Gasteiger partial charge in [-0.2, -0.15) is 0 Å². The summed E-state index contributed by atoms with van der Waals surface area (Å²) in [5.41, 5.74) is 2.87. The molecule has 3 aromatic rings. The molecule has 0 radical (unpaired) electrons. The number of nitrogens with zero attached hydrogens (tertiary/aromatic N) is 2. The van der Waals surface area contributed by atoms with Gasteiger partial charge in [-0.3, -0.25) is 4.79 Å². The van der Waals surface area contributed by atoms with Gasteiger partial charge in [0.15, 0.2) is 17.7 Å². The van der Waals surface area contributed by atoms with Gasteiger partial charge in [0.05, 0.1) is 31.5 Å². The van der Waals surface area contributed by atoms with Crippen molar-refractivity contribution in [3.63, 3.8) is 0 Å². The van der Waals surface area contributed by atoms with Crippen LogP contribution in [0.5, 0.6) is 17.2 Å². The summed E-state index contributed by atoms with van der Waals surface area (Å²) in [5.74, 6) is 0.863. The second-order valence-corrected chi connectivity index (χ2v) is 9.02. The lowest BCUT2D eigenvalue weighted by atomic mass is 9.94. The molecule has 0 saturated heterocycles. The van der Waals surface area contributed by atoms with Gasteiger partial charge in [0.2, 0.25) is 0 Å². The van der Waals surface area contributed by atoms with Crippen LogP contribution in [0.4, 0.5) is 10.5 Å². The highest BCUT2D eigenvalue weighted by molar-refractivity contribution is 6.06. The molecule has 2 N–H and O–H groups in total. The van der Waals surface area contributed by atoms with E-state index in [0.29, 0.717) is 18.7 Å². The molecule has 0 bridgehead atoms. The molecule has 3 aromatic carbocycles. The van der Waals surface area contributed by atoms with Gasteiger partial charge in [-0.05, 0) is 41.3 Å². The number of benzene rings is 3. The average molecular weight is 517 g/mol. The third-order valence-electron chi connectivity index (χ3n) is 6.86. The number of ether oxygens (including phenoxy) is 3. The second-order valence-electron chi connectivity index (χ2n) is 9.02. The number of hydrogen-bond donors (Lipinski definition) is 2. The molecule has 38 heavy (non-hydrogen) atoms. The highest BCUT2D eigenvalue weighted by Crippen LogP contribution is 2.41. The second kappa shape index (κ2) is 10.5. The van der Waals surface area contributed by atoms with Gasteiger partial charge in [0, 0.05) is 12.6 Å². The zero-order chi connectivity index (χ0) is 26.8. The molecule has 2 aliphatic rings. The van der Waals surface area contributed by atoms with Crippen LogP contribution < -0.4 is 19.1 Å². The Morgan fingerprint density at radius 3 is 2.39 bits per heavy atom. The van der Waals surface area contributed by atoms with Crippen molar-refractivity contribution in [2.75, 3.05) is 25.7 Å². The lowest BCUT2D eigenvalue weighted by molar-refractivity contribution is 0.0489. The van der Waals surface area contributed by atoms with Crippen LogP contribution in [0, 0.1) is 0 Å². The van der Waals surface area contributed by atoms with Crippen LogP contribution in [0.15, 0.2) is 72.8 Å². The molecule has 0 aliphatic carbocycles. The molecule has 2 atom stereocenters. The predicted octanol–water partition coefficient (Wildman–Crippen LogP) is 4.40.